The quantitative estimate of drug-likeness (QED) is 0.810. The third-order valence-corrected chi connectivity index (χ3v) is 4.97. The molecule has 25 heavy (non-hydrogen) atoms. The van der Waals surface area contributed by atoms with Crippen LogP contribution in [0.3, 0.4) is 0 Å². The molecule has 3 heterocycles. The predicted octanol–water partition coefficient (Wildman–Crippen LogP) is 1.39. The molecule has 140 valence electrons. The molecule has 2 aliphatic heterocycles. The summed E-state index contributed by atoms with van der Waals surface area (Å²) >= 11 is 0. The molecule has 0 N–H and O–H groups in total. The van der Waals surface area contributed by atoms with Crippen LogP contribution in [0.5, 0.6) is 0 Å². The van der Waals surface area contributed by atoms with E-state index in [0.29, 0.717) is 24.9 Å². The minimum atomic E-state index is -4.54. The lowest BCUT2D eigenvalue weighted by atomic mass is 10.1. The Balaban J connectivity index is 1.67. The van der Waals surface area contributed by atoms with Gasteiger partial charge in [0.2, 0.25) is 5.82 Å². The average Bonchev–Trinajstić information content (AvgIpc) is 2.53. The number of halogens is 3. The van der Waals surface area contributed by atoms with Gasteiger partial charge < -0.3 is 14.7 Å². The van der Waals surface area contributed by atoms with E-state index in [4.69, 9.17) is 0 Å². The first-order chi connectivity index (χ1) is 11.8. The van der Waals surface area contributed by atoms with E-state index in [1.807, 2.05) is 4.90 Å². The topological polar surface area (TPSA) is 38.7 Å². The van der Waals surface area contributed by atoms with Gasteiger partial charge in [0.25, 0.3) is 0 Å². The highest BCUT2D eigenvalue weighted by atomic mass is 19.4. The van der Waals surface area contributed by atoms with Gasteiger partial charge in [-0.2, -0.15) is 13.2 Å². The van der Waals surface area contributed by atoms with Crippen molar-refractivity contribution in [3.8, 4) is 0 Å². The third kappa shape index (κ3) is 3.98. The summed E-state index contributed by atoms with van der Waals surface area (Å²) in [5, 5.41) is 0. The molecular formula is C16H25F3N6. The van der Waals surface area contributed by atoms with E-state index in [1.165, 1.54) is 0 Å². The van der Waals surface area contributed by atoms with Crippen molar-refractivity contribution in [2.45, 2.75) is 19.1 Å². The van der Waals surface area contributed by atoms with Gasteiger partial charge in [-0.15, -0.1) is 0 Å². The predicted molar refractivity (Wildman–Crippen MR) is 91.0 cm³/mol. The smallest absolute Gasteiger partial charge is 0.363 e. The molecule has 0 unspecified atom stereocenters. The van der Waals surface area contributed by atoms with Gasteiger partial charge in [-0.3, -0.25) is 4.90 Å². The Morgan fingerprint density at radius 2 is 1.76 bits per heavy atom. The van der Waals surface area contributed by atoms with Crippen LogP contribution in [0.25, 0.3) is 0 Å². The van der Waals surface area contributed by atoms with Gasteiger partial charge in [-0.25, -0.2) is 9.97 Å². The van der Waals surface area contributed by atoms with E-state index in [1.54, 1.807) is 25.1 Å². The van der Waals surface area contributed by atoms with Crippen molar-refractivity contribution in [1.29, 1.82) is 0 Å². The average molecular weight is 358 g/mol. The van der Waals surface area contributed by atoms with Gasteiger partial charge in [0.05, 0.1) is 0 Å². The molecule has 0 saturated carbocycles. The molecule has 0 spiro atoms. The van der Waals surface area contributed by atoms with Gasteiger partial charge in [0.1, 0.15) is 11.6 Å². The van der Waals surface area contributed by atoms with E-state index < -0.39 is 12.0 Å². The number of hydrogen-bond donors (Lipinski definition) is 0. The highest BCUT2D eigenvalue weighted by Gasteiger charge is 2.38. The van der Waals surface area contributed by atoms with Crippen LogP contribution < -0.4 is 9.80 Å². The largest absolute Gasteiger partial charge is 0.451 e. The monoisotopic (exact) mass is 358 g/mol. The number of piperazine rings is 1. The first-order valence-corrected chi connectivity index (χ1v) is 8.63. The summed E-state index contributed by atoms with van der Waals surface area (Å²) in [6.07, 6.45) is -4.54. The standard InChI is InChI=1S/C16H25F3N6/c1-4-23-5-7-24(8-6-23)12-10-25(11-12)14-9-13(22(2)3)20-15(21-14)16(17,18)19/h9,12H,4-8,10-11H2,1-3H3. The second-order valence-electron chi connectivity index (χ2n) is 6.83. The van der Waals surface area contributed by atoms with Crippen molar-refractivity contribution in [2.24, 2.45) is 0 Å². The number of alkyl halides is 3. The van der Waals surface area contributed by atoms with Crippen molar-refractivity contribution in [2.75, 3.05) is 69.7 Å². The maximum atomic E-state index is 13.1. The summed E-state index contributed by atoms with van der Waals surface area (Å²) in [5.74, 6) is -0.444. The molecule has 2 saturated heterocycles. The zero-order valence-electron chi connectivity index (χ0n) is 14.9. The van der Waals surface area contributed by atoms with E-state index in [0.717, 1.165) is 32.7 Å². The highest BCUT2D eigenvalue weighted by Crippen LogP contribution is 2.31. The minimum absolute atomic E-state index is 0.275. The minimum Gasteiger partial charge on any atom is -0.363 e. The molecule has 2 fully saturated rings. The third-order valence-electron chi connectivity index (χ3n) is 4.97. The summed E-state index contributed by atoms with van der Waals surface area (Å²) in [7, 11) is 3.36. The molecule has 0 atom stereocenters. The summed E-state index contributed by atoms with van der Waals surface area (Å²) in [5.41, 5.74) is 0. The molecule has 3 rings (SSSR count). The normalized spacial score (nSPS) is 20.6. The second-order valence-corrected chi connectivity index (χ2v) is 6.83. The number of likely N-dealkylation sites (N-methyl/N-ethyl adjacent to an activating group) is 1. The Morgan fingerprint density at radius 1 is 1.12 bits per heavy atom. The molecule has 9 heteroatoms. The fourth-order valence-electron chi connectivity index (χ4n) is 3.26. The molecular weight excluding hydrogens is 333 g/mol. The molecule has 0 bridgehead atoms. The fraction of sp³-hybridized carbons (Fsp3) is 0.750. The van der Waals surface area contributed by atoms with Crippen molar-refractivity contribution < 1.29 is 13.2 Å². The maximum Gasteiger partial charge on any atom is 0.451 e. The van der Waals surface area contributed by atoms with Gasteiger partial charge in [-0.1, -0.05) is 6.92 Å². The van der Waals surface area contributed by atoms with E-state index >= 15 is 0 Å². The molecule has 0 radical (unpaired) electrons. The number of rotatable bonds is 4. The Morgan fingerprint density at radius 3 is 2.28 bits per heavy atom. The zero-order chi connectivity index (χ0) is 18.2. The molecule has 1 aromatic heterocycles. The first-order valence-electron chi connectivity index (χ1n) is 8.63. The van der Waals surface area contributed by atoms with Gasteiger partial charge >= 0.3 is 6.18 Å². The van der Waals surface area contributed by atoms with Crippen LogP contribution in [0, 0.1) is 0 Å². The number of anilines is 2. The van der Waals surface area contributed by atoms with Crippen molar-refractivity contribution in [3.05, 3.63) is 11.9 Å². The Labute approximate surface area is 146 Å². The number of nitrogens with zero attached hydrogens (tertiary/aromatic N) is 6. The number of hydrogen-bond acceptors (Lipinski definition) is 6. The summed E-state index contributed by atoms with van der Waals surface area (Å²) in [4.78, 5) is 15.7. The van der Waals surface area contributed by atoms with Crippen LogP contribution >= 0.6 is 0 Å². The van der Waals surface area contributed by atoms with E-state index in [-0.39, 0.29) is 5.82 Å². The molecule has 0 amide bonds. The van der Waals surface area contributed by atoms with Gasteiger partial charge in [0.15, 0.2) is 0 Å². The SMILES string of the molecule is CCN1CCN(C2CN(c3cc(N(C)C)nc(C(F)(F)F)n3)C2)CC1. The van der Waals surface area contributed by atoms with Crippen LogP contribution in [0.15, 0.2) is 6.07 Å². The Kier molecular flexibility index (Phi) is 5.06. The van der Waals surface area contributed by atoms with Gasteiger partial charge in [-0.05, 0) is 6.54 Å². The van der Waals surface area contributed by atoms with Crippen LogP contribution in [-0.2, 0) is 6.18 Å². The summed E-state index contributed by atoms with van der Waals surface area (Å²) < 4.78 is 39.2. The van der Waals surface area contributed by atoms with E-state index in [2.05, 4.69) is 26.7 Å². The zero-order valence-corrected chi connectivity index (χ0v) is 14.9. The summed E-state index contributed by atoms with van der Waals surface area (Å²) in [6.45, 7) is 8.82. The van der Waals surface area contributed by atoms with Crippen molar-refractivity contribution in [3.63, 3.8) is 0 Å². The van der Waals surface area contributed by atoms with Crippen LogP contribution in [-0.4, -0.2) is 85.7 Å². The molecule has 0 aliphatic carbocycles. The lowest BCUT2D eigenvalue weighted by Crippen LogP contribution is -2.63. The molecule has 0 aromatic carbocycles. The van der Waals surface area contributed by atoms with Gasteiger partial charge in [0, 0.05) is 65.5 Å². The molecule has 2 aliphatic rings. The molecule has 1 aromatic rings. The lowest BCUT2D eigenvalue weighted by molar-refractivity contribution is -0.144. The van der Waals surface area contributed by atoms with E-state index in [9.17, 15) is 13.2 Å². The number of aromatic nitrogens is 2. The van der Waals surface area contributed by atoms with Crippen LogP contribution in [0.1, 0.15) is 12.7 Å². The van der Waals surface area contributed by atoms with Crippen molar-refractivity contribution >= 4 is 11.6 Å². The lowest BCUT2D eigenvalue weighted by Gasteiger charge is -2.48. The molecule has 6 nitrogen and oxygen atoms in total. The Bertz CT molecular complexity index is 592. The highest BCUT2D eigenvalue weighted by molar-refractivity contribution is 5.52. The maximum absolute atomic E-state index is 13.1. The Hall–Kier alpha value is -1.61. The van der Waals surface area contributed by atoms with Crippen LogP contribution in [0.2, 0.25) is 0 Å². The fourth-order valence-corrected chi connectivity index (χ4v) is 3.26. The van der Waals surface area contributed by atoms with Crippen LogP contribution in [0.4, 0.5) is 24.8 Å². The first kappa shape index (κ1) is 18.2. The van der Waals surface area contributed by atoms with Crippen molar-refractivity contribution in [1.82, 2.24) is 19.8 Å². The second kappa shape index (κ2) is 6.95. The summed E-state index contributed by atoms with van der Waals surface area (Å²) in [6, 6.07) is 2.02.